The molecular formula is C22H28O3. The first-order valence-corrected chi connectivity index (χ1v) is 9.45. The highest BCUT2D eigenvalue weighted by Crippen LogP contribution is 2.37. The SMILES string of the molecule is CCc1cc(C)cc(C)c1C1C(=O)C/C(=C\CC2CCOCC2)C1=O. The van der Waals surface area contributed by atoms with Crippen molar-refractivity contribution in [3.05, 3.63) is 46.0 Å². The van der Waals surface area contributed by atoms with Gasteiger partial charge in [0.1, 0.15) is 5.92 Å². The highest BCUT2D eigenvalue weighted by atomic mass is 16.5. The third kappa shape index (κ3) is 3.77. The van der Waals surface area contributed by atoms with Crippen LogP contribution in [0.2, 0.25) is 0 Å². The molecule has 1 saturated heterocycles. The molecule has 0 bridgehead atoms. The fraction of sp³-hybridized carbons (Fsp3) is 0.545. The Hall–Kier alpha value is -1.74. The fourth-order valence-corrected chi connectivity index (χ4v) is 4.24. The van der Waals surface area contributed by atoms with Crippen molar-refractivity contribution >= 4 is 11.6 Å². The summed E-state index contributed by atoms with van der Waals surface area (Å²) >= 11 is 0. The number of allylic oxidation sites excluding steroid dienone is 2. The Balaban J connectivity index is 1.84. The van der Waals surface area contributed by atoms with E-state index in [2.05, 4.69) is 26.0 Å². The van der Waals surface area contributed by atoms with E-state index in [1.807, 2.05) is 13.0 Å². The van der Waals surface area contributed by atoms with Gasteiger partial charge in [0, 0.05) is 19.6 Å². The van der Waals surface area contributed by atoms with Gasteiger partial charge in [0.25, 0.3) is 0 Å². The average molecular weight is 340 g/mol. The van der Waals surface area contributed by atoms with E-state index in [0.717, 1.165) is 61.2 Å². The maximum atomic E-state index is 13.0. The number of hydrogen-bond donors (Lipinski definition) is 0. The minimum atomic E-state index is -0.587. The van der Waals surface area contributed by atoms with Crippen LogP contribution in [0, 0.1) is 19.8 Å². The molecule has 1 atom stereocenters. The van der Waals surface area contributed by atoms with E-state index in [0.29, 0.717) is 12.3 Å². The smallest absolute Gasteiger partial charge is 0.173 e. The minimum Gasteiger partial charge on any atom is -0.381 e. The van der Waals surface area contributed by atoms with E-state index in [1.165, 1.54) is 5.56 Å². The van der Waals surface area contributed by atoms with Gasteiger partial charge in [-0.05, 0) is 67.7 Å². The van der Waals surface area contributed by atoms with E-state index >= 15 is 0 Å². The zero-order chi connectivity index (χ0) is 18.0. The molecule has 2 fully saturated rings. The van der Waals surface area contributed by atoms with Gasteiger partial charge in [0.2, 0.25) is 0 Å². The molecule has 0 aromatic heterocycles. The Morgan fingerprint density at radius 1 is 1.16 bits per heavy atom. The second-order valence-corrected chi connectivity index (χ2v) is 7.47. The van der Waals surface area contributed by atoms with Crippen LogP contribution in [-0.4, -0.2) is 24.8 Å². The highest BCUT2D eigenvalue weighted by Gasteiger charge is 2.39. The van der Waals surface area contributed by atoms with Crippen molar-refractivity contribution in [3.63, 3.8) is 0 Å². The largest absolute Gasteiger partial charge is 0.381 e. The molecule has 1 aliphatic heterocycles. The van der Waals surface area contributed by atoms with Gasteiger partial charge in [-0.2, -0.15) is 0 Å². The number of carbonyl (C=O) groups excluding carboxylic acids is 2. The van der Waals surface area contributed by atoms with Crippen LogP contribution in [0.4, 0.5) is 0 Å². The van der Waals surface area contributed by atoms with Crippen molar-refractivity contribution in [2.75, 3.05) is 13.2 Å². The number of ketones is 2. The van der Waals surface area contributed by atoms with Crippen molar-refractivity contribution in [1.82, 2.24) is 0 Å². The molecule has 0 radical (unpaired) electrons. The summed E-state index contributed by atoms with van der Waals surface area (Å²) in [5.74, 6) is 0.0793. The second-order valence-electron chi connectivity index (χ2n) is 7.47. The van der Waals surface area contributed by atoms with Crippen molar-refractivity contribution in [2.45, 2.75) is 58.8 Å². The number of rotatable bonds is 4. The van der Waals surface area contributed by atoms with Crippen molar-refractivity contribution in [1.29, 1.82) is 0 Å². The summed E-state index contributed by atoms with van der Waals surface area (Å²) in [6.07, 6.45) is 6.15. The summed E-state index contributed by atoms with van der Waals surface area (Å²) in [7, 11) is 0. The zero-order valence-corrected chi connectivity index (χ0v) is 15.6. The molecule has 0 amide bonds. The van der Waals surface area contributed by atoms with Gasteiger partial charge in [-0.1, -0.05) is 30.7 Å². The van der Waals surface area contributed by atoms with Crippen LogP contribution in [0.15, 0.2) is 23.8 Å². The molecule has 3 rings (SSSR count). The number of aryl methyl sites for hydroxylation is 3. The maximum absolute atomic E-state index is 13.0. The van der Waals surface area contributed by atoms with Gasteiger partial charge < -0.3 is 4.74 Å². The van der Waals surface area contributed by atoms with Crippen molar-refractivity contribution in [3.8, 4) is 0 Å². The molecule has 3 heteroatoms. The highest BCUT2D eigenvalue weighted by molar-refractivity contribution is 6.23. The lowest BCUT2D eigenvalue weighted by atomic mass is 9.85. The van der Waals surface area contributed by atoms with Gasteiger partial charge in [0.15, 0.2) is 11.6 Å². The Morgan fingerprint density at radius 3 is 2.56 bits per heavy atom. The maximum Gasteiger partial charge on any atom is 0.173 e. The van der Waals surface area contributed by atoms with E-state index in [9.17, 15) is 9.59 Å². The quantitative estimate of drug-likeness (QED) is 0.608. The van der Waals surface area contributed by atoms with Crippen LogP contribution in [0.3, 0.4) is 0 Å². The second kappa shape index (κ2) is 7.65. The van der Waals surface area contributed by atoms with Gasteiger partial charge in [0.05, 0.1) is 0 Å². The average Bonchev–Trinajstić information content (AvgIpc) is 2.87. The molecule has 2 aliphatic rings. The van der Waals surface area contributed by atoms with E-state index in [-0.39, 0.29) is 11.6 Å². The molecule has 1 unspecified atom stereocenters. The minimum absolute atomic E-state index is 0.0266. The third-order valence-electron chi connectivity index (χ3n) is 5.59. The van der Waals surface area contributed by atoms with Crippen LogP contribution in [0.1, 0.15) is 60.8 Å². The summed E-state index contributed by atoms with van der Waals surface area (Å²) in [6.45, 7) is 7.79. The summed E-state index contributed by atoms with van der Waals surface area (Å²) < 4.78 is 5.39. The first-order chi connectivity index (χ1) is 12.0. The van der Waals surface area contributed by atoms with Crippen LogP contribution in [0.25, 0.3) is 0 Å². The summed E-state index contributed by atoms with van der Waals surface area (Å²) in [6, 6.07) is 4.20. The lowest BCUT2D eigenvalue weighted by Crippen LogP contribution is -2.17. The summed E-state index contributed by atoms with van der Waals surface area (Å²) in [5.41, 5.74) is 5.07. The van der Waals surface area contributed by atoms with Gasteiger partial charge in [-0.3, -0.25) is 9.59 Å². The number of ether oxygens (including phenoxy) is 1. The van der Waals surface area contributed by atoms with E-state index < -0.39 is 5.92 Å². The van der Waals surface area contributed by atoms with Gasteiger partial charge in [-0.25, -0.2) is 0 Å². The number of Topliss-reactive ketones (excluding diaryl/α,β-unsaturated/α-hetero) is 2. The molecule has 134 valence electrons. The molecule has 1 heterocycles. The standard InChI is InChI=1S/C22H28O3/c1-4-17-12-14(2)11-15(3)20(17)21-19(23)13-18(22(21)24)6-5-16-7-9-25-10-8-16/h6,11-12,16,21H,4-5,7-10,13H2,1-3H3/b18-6+. The lowest BCUT2D eigenvalue weighted by molar-refractivity contribution is -0.123. The Bertz CT molecular complexity index is 708. The van der Waals surface area contributed by atoms with E-state index in [1.54, 1.807) is 0 Å². The van der Waals surface area contributed by atoms with Crippen molar-refractivity contribution < 1.29 is 14.3 Å². The monoisotopic (exact) mass is 340 g/mol. The molecule has 25 heavy (non-hydrogen) atoms. The predicted octanol–water partition coefficient (Wildman–Crippen LogP) is 4.23. The van der Waals surface area contributed by atoms with Gasteiger partial charge in [-0.15, -0.1) is 0 Å². The number of benzene rings is 1. The van der Waals surface area contributed by atoms with Crippen LogP contribution in [0.5, 0.6) is 0 Å². The molecule has 3 nitrogen and oxygen atoms in total. The molecular weight excluding hydrogens is 312 g/mol. The van der Waals surface area contributed by atoms with Crippen molar-refractivity contribution in [2.24, 2.45) is 5.92 Å². The first kappa shape index (κ1) is 18.1. The summed E-state index contributed by atoms with van der Waals surface area (Å²) in [5, 5.41) is 0. The van der Waals surface area contributed by atoms with E-state index in [4.69, 9.17) is 4.74 Å². The van der Waals surface area contributed by atoms with Gasteiger partial charge >= 0.3 is 0 Å². The normalized spacial score (nSPS) is 23.6. The topological polar surface area (TPSA) is 43.4 Å². The Kier molecular flexibility index (Phi) is 5.53. The zero-order valence-electron chi connectivity index (χ0n) is 15.6. The molecule has 0 spiro atoms. The first-order valence-electron chi connectivity index (χ1n) is 9.45. The lowest BCUT2D eigenvalue weighted by Gasteiger charge is -2.20. The number of carbonyl (C=O) groups is 2. The predicted molar refractivity (Wildman–Crippen MR) is 98.9 cm³/mol. The Labute approximate surface area is 150 Å². The Morgan fingerprint density at radius 2 is 1.88 bits per heavy atom. The molecule has 1 aromatic rings. The fourth-order valence-electron chi connectivity index (χ4n) is 4.24. The third-order valence-corrected chi connectivity index (χ3v) is 5.59. The van der Waals surface area contributed by atoms with Crippen LogP contribution < -0.4 is 0 Å². The summed E-state index contributed by atoms with van der Waals surface area (Å²) in [4.78, 5) is 25.7. The number of hydrogen-bond acceptors (Lipinski definition) is 3. The van der Waals surface area contributed by atoms with Crippen LogP contribution >= 0.6 is 0 Å². The molecule has 1 aliphatic carbocycles. The van der Waals surface area contributed by atoms with Crippen LogP contribution in [-0.2, 0) is 20.7 Å². The molecule has 0 N–H and O–H groups in total. The molecule has 1 saturated carbocycles. The molecule has 1 aromatic carbocycles.